The maximum absolute atomic E-state index is 11.3. The van der Waals surface area contributed by atoms with Crippen LogP contribution in [0.25, 0.3) is 0 Å². The van der Waals surface area contributed by atoms with Gasteiger partial charge in [0, 0.05) is 45.1 Å². The minimum atomic E-state index is -3.03. The number of rotatable bonds is 3. The quantitative estimate of drug-likeness (QED) is 0.689. The Morgan fingerprint density at radius 2 is 1.74 bits per heavy atom. The number of carboxylic acid groups (broad SMARTS) is 2. The third-order valence-corrected chi connectivity index (χ3v) is 4.42. The summed E-state index contributed by atoms with van der Waals surface area (Å²) in [6.07, 6.45) is 4.87. The largest absolute Gasteiger partial charge is 0.473 e. The van der Waals surface area contributed by atoms with Gasteiger partial charge in [-0.1, -0.05) is 6.07 Å². The molecule has 2 N–H and O–H groups in total. The fraction of sp³-hybridized carbons (Fsp3) is 0.462. The highest BCUT2D eigenvalue weighted by Gasteiger charge is 2.23. The maximum Gasteiger partial charge on any atom is 0.414 e. The van der Waals surface area contributed by atoms with Crippen LogP contribution in [0.1, 0.15) is 5.56 Å². The molecule has 0 atom stereocenters. The van der Waals surface area contributed by atoms with Crippen LogP contribution >= 0.6 is 0 Å². The van der Waals surface area contributed by atoms with Gasteiger partial charge < -0.3 is 10.2 Å². The van der Waals surface area contributed by atoms with E-state index in [9.17, 15) is 8.42 Å². The molecule has 1 saturated heterocycles. The van der Waals surface area contributed by atoms with E-state index in [2.05, 4.69) is 9.88 Å². The van der Waals surface area contributed by atoms with Crippen molar-refractivity contribution in [2.45, 2.75) is 6.54 Å². The Morgan fingerprint density at radius 1 is 1.17 bits per heavy atom. The first-order chi connectivity index (χ1) is 10.7. The fourth-order valence-electron chi connectivity index (χ4n) is 1.97. The van der Waals surface area contributed by atoms with Gasteiger partial charge in [0.1, 0.15) is 0 Å². The summed E-state index contributed by atoms with van der Waals surface area (Å²) in [5.74, 6) is -3.65. The lowest BCUT2D eigenvalue weighted by Crippen LogP contribution is -2.47. The predicted octanol–water partition coefficient (Wildman–Crippen LogP) is -0.686. The molecule has 1 fully saturated rings. The molecular formula is C13H19N3O6S. The van der Waals surface area contributed by atoms with E-state index in [0.29, 0.717) is 13.1 Å². The SMILES string of the molecule is CS(=O)(=O)N1CCN(Cc2cccnc2)CC1.O=C(O)C(=O)O. The zero-order valence-electron chi connectivity index (χ0n) is 12.6. The second-order valence-electron chi connectivity index (χ2n) is 4.91. The van der Waals surface area contributed by atoms with Gasteiger partial charge in [-0.25, -0.2) is 18.0 Å². The van der Waals surface area contributed by atoms with Gasteiger partial charge in [-0.15, -0.1) is 0 Å². The Labute approximate surface area is 134 Å². The Balaban J connectivity index is 0.000000379. The smallest absolute Gasteiger partial charge is 0.414 e. The zero-order chi connectivity index (χ0) is 17.5. The maximum atomic E-state index is 11.3. The van der Waals surface area contributed by atoms with E-state index in [1.807, 2.05) is 18.3 Å². The van der Waals surface area contributed by atoms with Gasteiger partial charge in [-0.05, 0) is 11.6 Å². The van der Waals surface area contributed by atoms with Gasteiger partial charge in [0.05, 0.1) is 6.26 Å². The molecule has 0 amide bonds. The molecule has 2 heterocycles. The Hall–Kier alpha value is -2.04. The van der Waals surface area contributed by atoms with Gasteiger partial charge in [-0.3, -0.25) is 9.88 Å². The van der Waals surface area contributed by atoms with Gasteiger partial charge in [0.15, 0.2) is 0 Å². The van der Waals surface area contributed by atoms with Crippen molar-refractivity contribution in [1.29, 1.82) is 0 Å². The van der Waals surface area contributed by atoms with Gasteiger partial charge in [-0.2, -0.15) is 4.31 Å². The van der Waals surface area contributed by atoms with Crippen LogP contribution < -0.4 is 0 Å². The Kier molecular flexibility index (Phi) is 7.07. The molecule has 10 heteroatoms. The topological polar surface area (TPSA) is 128 Å². The highest BCUT2D eigenvalue weighted by Crippen LogP contribution is 2.09. The number of hydrogen-bond donors (Lipinski definition) is 2. The van der Waals surface area contributed by atoms with Crippen LogP contribution in [0, 0.1) is 0 Å². The van der Waals surface area contributed by atoms with E-state index in [0.717, 1.165) is 19.6 Å². The summed E-state index contributed by atoms with van der Waals surface area (Å²) in [6, 6.07) is 3.96. The number of sulfonamides is 1. The highest BCUT2D eigenvalue weighted by molar-refractivity contribution is 7.88. The Bertz CT molecular complexity index is 614. The number of piperazine rings is 1. The molecule has 2 rings (SSSR count). The molecule has 9 nitrogen and oxygen atoms in total. The van der Waals surface area contributed by atoms with Crippen molar-refractivity contribution in [3.63, 3.8) is 0 Å². The fourth-order valence-corrected chi connectivity index (χ4v) is 2.80. The van der Waals surface area contributed by atoms with Gasteiger partial charge in [0.2, 0.25) is 10.0 Å². The second-order valence-corrected chi connectivity index (χ2v) is 6.89. The third kappa shape index (κ3) is 7.17. The lowest BCUT2D eigenvalue weighted by atomic mass is 10.2. The van der Waals surface area contributed by atoms with Crippen molar-refractivity contribution in [2.24, 2.45) is 0 Å². The normalized spacial score (nSPS) is 16.2. The number of nitrogens with zero attached hydrogens (tertiary/aromatic N) is 3. The van der Waals surface area contributed by atoms with E-state index in [4.69, 9.17) is 19.8 Å². The predicted molar refractivity (Wildman–Crippen MR) is 81.2 cm³/mol. The van der Waals surface area contributed by atoms with Crippen LogP contribution in [0.15, 0.2) is 24.5 Å². The number of aromatic nitrogens is 1. The second kappa shape index (κ2) is 8.56. The molecular weight excluding hydrogens is 326 g/mol. The van der Waals surface area contributed by atoms with Gasteiger partial charge >= 0.3 is 11.9 Å². The number of carboxylic acids is 2. The summed E-state index contributed by atoms with van der Waals surface area (Å²) in [4.78, 5) is 24.5. The van der Waals surface area contributed by atoms with E-state index < -0.39 is 22.0 Å². The molecule has 0 bridgehead atoms. The standard InChI is InChI=1S/C11H17N3O2S.C2H2O4/c1-17(15,16)14-7-5-13(6-8-14)10-11-3-2-4-12-9-11;3-1(4)2(5)6/h2-4,9H,5-8,10H2,1H3;(H,3,4)(H,5,6). The molecule has 1 aliphatic heterocycles. The summed E-state index contributed by atoms with van der Waals surface area (Å²) < 4.78 is 24.2. The first-order valence-corrected chi connectivity index (χ1v) is 8.57. The molecule has 0 aliphatic carbocycles. The van der Waals surface area contributed by atoms with Crippen molar-refractivity contribution < 1.29 is 28.2 Å². The first-order valence-electron chi connectivity index (χ1n) is 6.72. The lowest BCUT2D eigenvalue weighted by molar-refractivity contribution is -0.159. The van der Waals surface area contributed by atoms with Crippen molar-refractivity contribution in [3.8, 4) is 0 Å². The lowest BCUT2D eigenvalue weighted by Gasteiger charge is -2.33. The van der Waals surface area contributed by atoms with Gasteiger partial charge in [0.25, 0.3) is 0 Å². The first kappa shape index (κ1) is 19.0. The number of aliphatic carboxylic acids is 2. The Morgan fingerprint density at radius 3 is 2.13 bits per heavy atom. The molecule has 1 aliphatic rings. The van der Waals surface area contributed by atoms with E-state index >= 15 is 0 Å². The summed E-state index contributed by atoms with van der Waals surface area (Å²) in [6.45, 7) is 3.56. The average Bonchev–Trinajstić information content (AvgIpc) is 2.48. The number of hydrogen-bond acceptors (Lipinski definition) is 6. The van der Waals surface area contributed by atoms with Crippen molar-refractivity contribution in [1.82, 2.24) is 14.2 Å². The van der Waals surface area contributed by atoms with Crippen LogP contribution in [0.2, 0.25) is 0 Å². The van der Waals surface area contributed by atoms with Crippen molar-refractivity contribution in [2.75, 3.05) is 32.4 Å². The summed E-state index contributed by atoms with van der Waals surface area (Å²) in [5.41, 5.74) is 1.17. The summed E-state index contributed by atoms with van der Waals surface area (Å²) in [5, 5.41) is 14.8. The molecule has 0 saturated carbocycles. The van der Waals surface area contributed by atoms with Crippen LogP contribution in [-0.4, -0.2) is 77.2 Å². The van der Waals surface area contributed by atoms with Crippen LogP contribution in [0.5, 0.6) is 0 Å². The minimum Gasteiger partial charge on any atom is -0.473 e. The molecule has 0 aromatic carbocycles. The van der Waals surface area contributed by atoms with E-state index in [1.165, 1.54) is 16.1 Å². The molecule has 23 heavy (non-hydrogen) atoms. The molecule has 0 unspecified atom stereocenters. The monoisotopic (exact) mass is 345 g/mol. The molecule has 1 aromatic rings. The number of pyridine rings is 1. The molecule has 1 aromatic heterocycles. The van der Waals surface area contributed by atoms with Crippen LogP contribution in [0.3, 0.4) is 0 Å². The van der Waals surface area contributed by atoms with E-state index in [-0.39, 0.29) is 0 Å². The van der Waals surface area contributed by atoms with E-state index in [1.54, 1.807) is 6.20 Å². The molecule has 0 radical (unpaired) electrons. The highest BCUT2D eigenvalue weighted by atomic mass is 32.2. The zero-order valence-corrected chi connectivity index (χ0v) is 13.4. The van der Waals surface area contributed by atoms with Crippen LogP contribution in [0.4, 0.5) is 0 Å². The van der Waals surface area contributed by atoms with Crippen molar-refractivity contribution >= 4 is 22.0 Å². The minimum absolute atomic E-state index is 0.582. The van der Waals surface area contributed by atoms with Crippen molar-refractivity contribution in [3.05, 3.63) is 30.1 Å². The third-order valence-electron chi connectivity index (χ3n) is 3.11. The molecule has 128 valence electrons. The van der Waals surface area contributed by atoms with Crippen LogP contribution in [-0.2, 0) is 26.2 Å². The summed E-state index contributed by atoms with van der Waals surface area (Å²) in [7, 11) is -3.03. The molecule has 0 spiro atoms. The number of carbonyl (C=O) groups is 2. The summed E-state index contributed by atoms with van der Waals surface area (Å²) >= 11 is 0. The average molecular weight is 345 g/mol.